The van der Waals surface area contributed by atoms with Gasteiger partial charge < -0.3 is 16.0 Å². The largest absolute Gasteiger partial charge is 0.360 e. The lowest BCUT2D eigenvalue weighted by molar-refractivity contribution is 0.0956. The number of nitrogens with two attached hydrogens (primary N) is 1. The molecule has 0 fully saturated rings. The number of benzene rings is 2. The van der Waals surface area contributed by atoms with Gasteiger partial charge >= 0.3 is 0 Å². The molecule has 5 nitrogen and oxygen atoms in total. The first-order chi connectivity index (χ1) is 13.1. The molecule has 0 saturated heterocycles. The van der Waals surface area contributed by atoms with Gasteiger partial charge in [-0.15, -0.1) is 0 Å². The summed E-state index contributed by atoms with van der Waals surface area (Å²) < 4.78 is 0.973. The first kappa shape index (κ1) is 18.0. The molecule has 0 bridgehead atoms. The Morgan fingerprint density at radius 3 is 2.85 bits per heavy atom. The van der Waals surface area contributed by atoms with E-state index < -0.39 is 0 Å². The van der Waals surface area contributed by atoms with Crippen LogP contribution in [-0.4, -0.2) is 29.0 Å². The SMILES string of the molecule is NCCNC(=O)c1cc(-c2c[nH]c3ccc(Br)cc23)nc2cc(Cl)ccc12. The number of H-pyrrole nitrogens is 1. The topological polar surface area (TPSA) is 83.8 Å². The Morgan fingerprint density at radius 1 is 1.19 bits per heavy atom. The highest BCUT2D eigenvalue weighted by atomic mass is 79.9. The molecule has 27 heavy (non-hydrogen) atoms. The number of amides is 1. The fraction of sp³-hybridized carbons (Fsp3) is 0.100. The van der Waals surface area contributed by atoms with E-state index in [-0.39, 0.29) is 5.91 Å². The minimum atomic E-state index is -0.183. The van der Waals surface area contributed by atoms with Crippen molar-refractivity contribution in [2.24, 2.45) is 5.73 Å². The minimum absolute atomic E-state index is 0.183. The summed E-state index contributed by atoms with van der Waals surface area (Å²) in [5.74, 6) is -0.183. The van der Waals surface area contributed by atoms with Crippen molar-refractivity contribution in [2.45, 2.75) is 0 Å². The molecule has 0 radical (unpaired) electrons. The normalized spacial score (nSPS) is 11.2. The van der Waals surface area contributed by atoms with E-state index in [1.165, 1.54) is 0 Å². The summed E-state index contributed by atoms with van der Waals surface area (Å²) >= 11 is 9.67. The minimum Gasteiger partial charge on any atom is -0.360 e. The van der Waals surface area contributed by atoms with Crippen LogP contribution in [0.25, 0.3) is 33.1 Å². The van der Waals surface area contributed by atoms with Crippen LogP contribution < -0.4 is 11.1 Å². The second-order valence-corrected chi connectivity index (χ2v) is 7.51. The summed E-state index contributed by atoms with van der Waals surface area (Å²) in [6.07, 6.45) is 1.90. The van der Waals surface area contributed by atoms with Crippen molar-refractivity contribution >= 4 is 55.2 Å². The molecule has 4 rings (SSSR count). The van der Waals surface area contributed by atoms with E-state index in [1.54, 1.807) is 12.1 Å². The molecule has 1 amide bonds. The maximum Gasteiger partial charge on any atom is 0.252 e. The lowest BCUT2D eigenvalue weighted by atomic mass is 10.0. The number of pyridine rings is 1. The average molecular weight is 444 g/mol. The predicted molar refractivity (Wildman–Crippen MR) is 113 cm³/mol. The van der Waals surface area contributed by atoms with Crippen LogP contribution in [0, 0.1) is 0 Å². The van der Waals surface area contributed by atoms with Gasteiger partial charge in [0.1, 0.15) is 0 Å². The lowest BCUT2D eigenvalue weighted by Crippen LogP contribution is -2.29. The third kappa shape index (κ3) is 3.43. The summed E-state index contributed by atoms with van der Waals surface area (Å²) in [7, 11) is 0. The zero-order chi connectivity index (χ0) is 19.0. The lowest BCUT2D eigenvalue weighted by Gasteiger charge is -2.10. The monoisotopic (exact) mass is 442 g/mol. The number of carbonyl (C=O) groups excluding carboxylic acids is 1. The number of aromatic nitrogens is 2. The Labute approximate surface area is 169 Å². The van der Waals surface area contributed by atoms with Gasteiger partial charge in [-0.3, -0.25) is 4.79 Å². The van der Waals surface area contributed by atoms with Crippen molar-refractivity contribution in [1.82, 2.24) is 15.3 Å². The fourth-order valence-electron chi connectivity index (χ4n) is 3.11. The summed E-state index contributed by atoms with van der Waals surface area (Å²) in [6, 6.07) is 13.2. The van der Waals surface area contributed by atoms with E-state index >= 15 is 0 Å². The molecule has 0 spiro atoms. The zero-order valence-electron chi connectivity index (χ0n) is 14.2. The Kier molecular flexibility index (Phi) is 4.86. The first-order valence-corrected chi connectivity index (χ1v) is 9.59. The van der Waals surface area contributed by atoms with E-state index in [4.69, 9.17) is 22.3 Å². The number of hydrogen-bond acceptors (Lipinski definition) is 3. The van der Waals surface area contributed by atoms with E-state index in [0.717, 1.165) is 26.3 Å². The Hall–Kier alpha value is -2.41. The standard InChI is InChI=1S/C20H16BrClN4O/c21-11-1-4-17-14(7-11)16(10-25-17)19-9-15(20(27)24-6-5-23)13-3-2-12(22)8-18(13)26-19/h1-4,7-10,25H,5-6,23H2,(H,24,27). The number of fused-ring (bicyclic) bond motifs is 2. The van der Waals surface area contributed by atoms with Crippen molar-refractivity contribution in [3.63, 3.8) is 0 Å². The molecule has 2 aromatic heterocycles. The third-order valence-electron chi connectivity index (χ3n) is 4.37. The van der Waals surface area contributed by atoms with Crippen LogP contribution >= 0.6 is 27.5 Å². The van der Waals surface area contributed by atoms with Crippen LogP contribution in [-0.2, 0) is 0 Å². The van der Waals surface area contributed by atoms with Gasteiger partial charge in [-0.2, -0.15) is 0 Å². The van der Waals surface area contributed by atoms with Crippen molar-refractivity contribution < 1.29 is 4.79 Å². The molecule has 0 aliphatic heterocycles. The van der Waals surface area contributed by atoms with Crippen molar-refractivity contribution in [2.75, 3.05) is 13.1 Å². The Bertz CT molecular complexity index is 1170. The van der Waals surface area contributed by atoms with Crippen LogP contribution in [0.5, 0.6) is 0 Å². The number of carbonyl (C=O) groups is 1. The summed E-state index contributed by atoms with van der Waals surface area (Å²) in [6.45, 7) is 0.787. The molecule has 2 heterocycles. The molecule has 0 unspecified atom stereocenters. The van der Waals surface area contributed by atoms with Gasteiger partial charge in [-0.1, -0.05) is 33.6 Å². The van der Waals surface area contributed by atoms with E-state index in [2.05, 4.69) is 26.2 Å². The van der Waals surface area contributed by atoms with Crippen molar-refractivity contribution in [1.29, 1.82) is 0 Å². The van der Waals surface area contributed by atoms with Crippen LogP contribution in [0.15, 0.2) is 53.1 Å². The Morgan fingerprint density at radius 2 is 2.04 bits per heavy atom. The number of hydrogen-bond donors (Lipinski definition) is 3. The molecule has 4 aromatic rings. The van der Waals surface area contributed by atoms with Crippen molar-refractivity contribution in [3.8, 4) is 11.3 Å². The van der Waals surface area contributed by atoms with Crippen molar-refractivity contribution in [3.05, 3.63) is 63.7 Å². The number of rotatable bonds is 4. The predicted octanol–water partition coefficient (Wildman–Crippen LogP) is 4.49. The van der Waals surface area contributed by atoms with Gasteiger partial charge in [0.2, 0.25) is 0 Å². The van der Waals surface area contributed by atoms with Gasteiger partial charge in [-0.05, 0) is 36.4 Å². The molecule has 0 aliphatic rings. The molecule has 4 N–H and O–H groups in total. The van der Waals surface area contributed by atoms with Gasteiger partial charge in [0.25, 0.3) is 5.91 Å². The average Bonchev–Trinajstić information content (AvgIpc) is 3.07. The molecule has 0 atom stereocenters. The second-order valence-electron chi connectivity index (χ2n) is 6.15. The number of nitrogens with zero attached hydrogens (tertiary/aromatic N) is 1. The van der Waals surface area contributed by atoms with Crippen LogP contribution in [0.2, 0.25) is 5.02 Å². The first-order valence-electron chi connectivity index (χ1n) is 8.42. The van der Waals surface area contributed by atoms with E-state index in [9.17, 15) is 4.79 Å². The number of halogens is 2. The number of aromatic amines is 1. The second kappa shape index (κ2) is 7.31. The molecule has 0 saturated carbocycles. The van der Waals surface area contributed by atoms with Crippen LogP contribution in [0.1, 0.15) is 10.4 Å². The van der Waals surface area contributed by atoms with Crippen LogP contribution in [0.3, 0.4) is 0 Å². The quantitative estimate of drug-likeness (QED) is 0.434. The summed E-state index contributed by atoms with van der Waals surface area (Å²) in [4.78, 5) is 20.7. The maximum absolute atomic E-state index is 12.7. The maximum atomic E-state index is 12.7. The van der Waals surface area contributed by atoms with E-state index in [1.807, 2.05) is 36.5 Å². The summed E-state index contributed by atoms with van der Waals surface area (Å²) in [5, 5.41) is 5.17. The highest BCUT2D eigenvalue weighted by Crippen LogP contribution is 2.32. The number of nitrogens with one attached hydrogen (secondary N) is 2. The summed E-state index contributed by atoms with van der Waals surface area (Å²) in [5.41, 5.74) is 9.35. The molecule has 7 heteroatoms. The molecule has 136 valence electrons. The molecule has 2 aromatic carbocycles. The highest BCUT2D eigenvalue weighted by molar-refractivity contribution is 9.10. The molecular weight excluding hydrogens is 428 g/mol. The Balaban J connectivity index is 1.95. The fourth-order valence-corrected chi connectivity index (χ4v) is 3.64. The van der Waals surface area contributed by atoms with Gasteiger partial charge in [0, 0.05) is 50.6 Å². The molecule has 0 aliphatic carbocycles. The van der Waals surface area contributed by atoms with Gasteiger partial charge in [0.15, 0.2) is 0 Å². The third-order valence-corrected chi connectivity index (χ3v) is 5.09. The zero-order valence-corrected chi connectivity index (χ0v) is 16.6. The smallest absolute Gasteiger partial charge is 0.252 e. The van der Waals surface area contributed by atoms with Gasteiger partial charge in [0.05, 0.1) is 16.8 Å². The van der Waals surface area contributed by atoms with Crippen LogP contribution in [0.4, 0.5) is 0 Å². The molecular formula is C20H16BrClN4O. The van der Waals surface area contributed by atoms with Gasteiger partial charge in [-0.25, -0.2) is 4.98 Å². The highest BCUT2D eigenvalue weighted by Gasteiger charge is 2.16. The van der Waals surface area contributed by atoms with E-state index in [0.29, 0.717) is 34.9 Å².